The molecule has 0 bridgehead atoms. The molecule has 0 saturated heterocycles. The third-order valence-electron chi connectivity index (χ3n) is 2.31. The molecule has 1 nitrogen and oxygen atoms in total. The molecular weight excluding hydrogens is 265 g/mol. The number of hydrogen-bond donors (Lipinski definition) is 1. The van der Waals surface area contributed by atoms with Crippen molar-refractivity contribution in [2.45, 2.75) is 9.79 Å². The third-order valence-corrected chi connectivity index (χ3v) is 4.60. The van der Waals surface area contributed by atoms with E-state index >= 15 is 0 Å². The van der Waals surface area contributed by atoms with Gasteiger partial charge in [-0.25, -0.2) is 4.39 Å². The van der Waals surface area contributed by atoms with Crippen LogP contribution in [0.2, 0.25) is 0 Å². The minimum Gasteiger partial charge on any atom is -0.399 e. The second-order valence-electron chi connectivity index (χ2n) is 3.72. The fourth-order valence-electron chi connectivity index (χ4n) is 1.41. The Kier molecular flexibility index (Phi) is 4.96. The predicted octanol–water partition coefficient (Wildman–Crippen LogP) is 4.29. The maximum absolute atomic E-state index is 12.7. The van der Waals surface area contributed by atoms with E-state index in [-0.39, 0.29) is 5.82 Å². The summed E-state index contributed by atoms with van der Waals surface area (Å²) in [7, 11) is 0. The average Bonchev–Trinajstić information content (AvgIpc) is 2.39. The van der Waals surface area contributed by atoms with Gasteiger partial charge in [-0.1, -0.05) is 0 Å². The zero-order valence-electron chi connectivity index (χ0n) is 9.80. The Bertz CT molecular complexity index is 435. The van der Waals surface area contributed by atoms with Crippen molar-refractivity contribution in [3.63, 3.8) is 0 Å². The molecule has 4 heteroatoms. The fraction of sp³-hybridized carbons (Fsp3) is 0.143. The zero-order chi connectivity index (χ0) is 12.8. The molecule has 0 aliphatic rings. The van der Waals surface area contributed by atoms with Crippen LogP contribution in [0.4, 0.5) is 10.1 Å². The van der Waals surface area contributed by atoms with Crippen LogP contribution in [-0.2, 0) is 0 Å². The van der Waals surface area contributed by atoms with E-state index in [1.807, 2.05) is 36.4 Å². The number of nitrogen functional groups attached to an aromatic ring is 1. The largest absolute Gasteiger partial charge is 0.399 e. The highest BCUT2D eigenvalue weighted by Crippen LogP contribution is 2.23. The van der Waals surface area contributed by atoms with E-state index in [1.165, 1.54) is 17.0 Å². The lowest BCUT2D eigenvalue weighted by molar-refractivity contribution is 0.626. The van der Waals surface area contributed by atoms with E-state index < -0.39 is 0 Å². The lowest BCUT2D eigenvalue weighted by Gasteiger charge is -2.03. The summed E-state index contributed by atoms with van der Waals surface area (Å²) in [5.74, 6) is 1.84. The van der Waals surface area contributed by atoms with Crippen LogP contribution in [0, 0.1) is 5.82 Å². The van der Waals surface area contributed by atoms with Crippen LogP contribution in [0.3, 0.4) is 0 Å². The molecule has 0 atom stereocenters. The molecule has 0 spiro atoms. The number of rotatable bonds is 5. The predicted molar refractivity (Wildman–Crippen MR) is 78.7 cm³/mol. The van der Waals surface area contributed by atoms with Crippen molar-refractivity contribution in [3.05, 3.63) is 54.3 Å². The van der Waals surface area contributed by atoms with Gasteiger partial charge in [0, 0.05) is 27.0 Å². The highest BCUT2D eigenvalue weighted by molar-refractivity contribution is 8.03. The molecule has 0 fully saturated rings. The quantitative estimate of drug-likeness (QED) is 0.502. The Morgan fingerprint density at radius 1 is 0.778 bits per heavy atom. The van der Waals surface area contributed by atoms with Crippen molar-refractivity contribution < 1.29 is 4.39 Å². The SMILES string of the molecule is Nc1ccc(SCCSc2ccc(F)cc2)cc1. The van der Waals surface area contributed by atoms with Crippen molar-refractivity contribution in [1.29, 1.82) is 0 Å². The van der Waals surface area contributed by atoms with Crippen molar-refractivity contribution in [2.75, 3.05) is 17.2 Å². The van der Waals surface area contributed by atoms with Crippen molar-refractivity contribution >= 4 is 29.2 Å². The average molecular weight is 279 g/mol. The van der Waals surface area contributed by atoms with Gasteiger partial charge in [0.25, 0.3) is 0 Å². The van der Waals surface area contributed by atoms with Crippen LogP contribution in [0.5, 0.6) is 0 Å². The van der Waals surface area contributed by atoms with E-state index in [9.17, 15) is 4.39 Å². The first-order chi connectivity index (χ1) is 8.74. The van der Waals surface area contributed by atoms with E-state index in [0.29, 0.717) is 0 Å². The van der Waals surface area contributed by atoms with Gasteiger partial charge in [-0.3, -0.25) is 0 Å². The van der Waals surface area contributed by atoms with Crippen molar-refractivity contribution in [3.8, 4) is 0 Å². The molecule has 0 radical (unpaired) electrons. The molecule has 0 aromatic heterocycles. The number of thioether (sulfide) groups is 2. The van der Waals surface area contributed by atoms with Gasteiger partial charge in [-0.2, -0.15) is 0 Å². The molecule has 0 aliphatic heterocycles. The van der Waals surface area contributed by atoms with Gasteiger partial charge >= 0.3 is 0 Å². The minimum atomic E-state index is -0.185. The molecule has 2 rings (SSSR count). The standard InChI is InChI=1S/C14H14FNS2/c15-11-1-5-13(6-2-11)17-9-10-18-14-7-3-12(16)4-8-14/h1-8H,9-10,16H2. The van der Waals surface area contributed by atoms with Gasteiger partial charge in [0.2, 0.25) is 0 Å². The molecule has 2 aromatic carbocycles. The molecule has 0 amide bonds. The summed E-state index contributed by atoms with van der Waals surface area (Å²) in [4.78, 5) is 2.33. The van der Waals surface area contributed by atoms with Gasteiger partial charge in [0.05, 0.1) is 0 Å². The molecule has 0 saturated carbocycles. The second-order valence-corrected chi connectivity index (χ2v) is 6.06. The maximum Gasteiger partial charge on any atom is 0.123 e. The Morgan fingerprint density at radius 3 is 1.72 bits per heavy atom. The number of hydrogen-bond acceptors (Lipinski definition) is 3. The minimum absolute atomic E-state index is 0.185. The molecule has 2 N–H and O–H groups in total. The van der Waals surface area contributed by atoms with Crippen LogP contribution in [0.25, 0.3) is 0 Å². The summed E-state index contributed by atoms with van der Waals surface area (Å²) in [5, 5.41) is 0. The van der Waals surface area contributed by atoms with Crippen molar-refractivity contribution in [2.24, 2.45) is 0 Å². The Balaban J connectivity index is 1.73. The summed E-state index contributed by atoms with van der Waals surface area (Å²) in [6.45, 7) is 0. The van der Waals surface area contributed by atoms with Gasteiger partial charge < -0.3 is 5.73 Å². The molecule has 2 aromatic rings. The van der Waals surface area contributed by atoms with E-state index in [0.717, 1.165) is 22.1 Å². The molecular formula is C14H14FNS2. The van der Waals surface area contributed by atoms with Gasteiger partial charge in [0.1, 0.15) is 5.82 Å². The summed E-state index contributed by atoms with van der Waals surface area (Å²) < 4.78 is 12.7. The summed E-state index contributed by atoms with van der Waals surface area (Å²) >= 11 is 3.54. The van der Waals surface area contributed by atoms with Gasteiger partial charge in [-0.05, 0) is 48.5 Å². The first-order valence-electron chi connectivity index (χ1n) is 5.61. The Morgan fingerprint density at radius 2 is 1.22 bits per heavy atom. The normalized spacial score (nSPS) is 10.5. The smallest absolute Gasteiger partial charge is 0.123 e. The lowest BCUT2D eigenvalue weighted by Crippen LogP contribution is -1.86. The van der Waals surface area contributed by atoms with Gasteiger partial charge in [0.15, 0.2) is 0 Å². The van der Waals surface area contributed by atoms with Crippen LogP contribution in [-0.4, -0.2) is 11.5 Å². The van der Waals surface area contributed by atoms with E-state index in [4.69, 9.17) is 5.73 Å². The first kappa shape index (κ1) is 13.3. The zero-order valence-corrected chi connectivity index (χ0v) is 11.4. The second kappa shape index (κ2) is 6.71. The highest BCUT2D eigenvalue weighted by atomic mass is 32.2. The third kappa shape index (κ3) is 4.27. The summed E-state index contributed by atoms with van der Waals surface area (Å²) in [6.07, 6.45) is 0. The van der Waals surface area contributed by atoms with Crippen molar-refractivity contribution in [1.82, 2.24) is 0 Å². The number of benzene rings is 2. The Hall–Kier alpha value is -1.13. The summed E-state index contributed by atoms with van der Waals surface area (Å²) in [6, 6.07) is 14.5. The van der Waals surface area contributed by atoms with E-state index in [1.54, 1.807) is 23.5 Å². The highest BCUT2D eigenvalue weighted by Gasteiger charge is 1.97. The van der Waals surface area contributed by atoms with Crippen LogP contribution in [0.1, 0.15) is 0 Å². The van der Waals surface area contributed by atoms with Crippen LogP contribution < -0.4 is 5.73 Å². The van der Waals surface area contributed by atoms with E-state index in [2.05, 4.69) is 0 Å². The first-order valence-corrected chi connectivity index (χ1v) is 7.58. The number of anilines is 1. The molecule has 94 valence electrons. The monoisotopic (exact) mass is 279 g/mol. The lowest BCUT2D eigenvalue weighted by atomic mass is 10.3. The maximum atomic E-state index is 12.7. The van der Waals surface area contributed by atoms with Gasteiger partial charge in [-0.15, -0.1) is 23.5 Å². The summed E-state index contributed by atoms with van der Waals surface area (Å²) in [5.41, 5.74) is 6.42. The molecule has 18 heavy (non-hydrogen) atoms. The van der Waals surface area contributed by atoms with Crippen LogP contribution in [0.15, 0.2) is 58.3 Å². The number of halogens is 1. The number of nitrogens with two attached hydrogens (primary N) is 1. The topological polar surface area (TPSA) is 26.0 Å². The molecule has 0 unspecified atom stereocenters. The molecule has 0 heterocycles. The fourth-order valence-corrected chi connectivity index (χ4v) is 3.21. The Labute approximate surface area is 115 Å². The molecule has 0 aliphatic carbocycles. The van der Waals surface area contributed by atoms with Crippen LogP contribution >= 0.6 is 23.5 Å².